The van der Waals surface area contributed by atoms with Crippen LogP contribution in [0.4, 0.5) is 14.9 Å². The average molecular weight is 292 g/mol. The van der Waals surface area contributed by atoms with E-state index < -0.39 is 11.8 Å². The maximum absolute atomic E-state index is 13.6. The summed E-state index contributed by atoms with van der Waals surface area (Å²) in [6.07, 6.45) is 3.56. The van der Waals surface area contributed by atoms with Crippen LogP contribution < -0.4 is 10.6 Å². The minimum Gasteiger partial charge on any atom is -0.394 e. The van der Waals surface area contributed by atoms with Crippen molar-refractivity contribution in [2.45, 2.75) is 19.4 Å². The van der Waals surface area contributed by atoms with Crippen LogP contribution in [0.15, 0.2) is 36.7 Å². The van der Waals surface area contributed by atoms with Gasteiger partial charge in [-0.05, 0) is 18.6 Å². The first-order valence-corrected chi connectivity index (χ1v) is 6.62. The van der Waals surface area contributed by atoms with Crippen LogP contribution in [-0.2, 0) is 0 Å². The Kier molecular flexibility index (Phi) is 4.89. The first kappa shape index (κ1) is 15.0. The highest BCUT2D eigenvalue weighted by Gasteiger charge is 2.11. The number of benzene rings is 1. The van der Waals surface area contributed by atoms with Crippen molar-refractivity contribution in [3.63, 3.8) is 0 Å². The Morgan fingerprint density at radius 3 is 2.90 bits per heavy atom. The van der Waals surface area contributed by atoms with Gasteiger partial charge in [-0.3, -0.25) is 0 Å². The predicted octanol–water partition coefficient (Wildman–Crippen LogP) is 1.90. The fourth-order valence-corrected chi connectivity index (χ4v) is 1.79. The number of para-hydroxylation sites is 1. The summed E-state index contributed by atoms with van der Waals surface area (Å²) in [6.45, 7) is 1.73. The predicted molar refractivity (Wildman–Crippen MR) is 76.8 cm³/mol. The van der Waals surface area contributed by atoms with E-state index in [9.17, 15) is 9.18 Å². The van der Waals surface area contributed by atoms with E-state index in [0.29, 0.717) is 17.8 Å². The molecule has 0 bridgehead atoms. The molecule has 1 aromatic carbocycles. The van der Waals surface area contributed by atoms with Gasteiger partial charge in [0.05, 0.1) is 30.7 Å². The van der Waals surface area contributed by atoms with Gasteiger partial charge >= 0.3 is 6.03 Å². The topological polar surface area (TPSA) is 79.2 Å². The van der Waals surface area contributed by atoms with Crippen LogP contribution in [0.3, 0.4) is 0 Å². The minimum atomic E-state index is -0.441. The average Bonchev–Trinajstić information content (AvgIpc) is 2.93. The van der Waals surface area contributed by atoms with Crippen LogP contribution in [0.2, 0.25) is 0 Å². The van der Waals surface area contributed by atoms with Crippen molar-refractivity contribution in [1.82, 2.24) is 15.1 Å². The first-order chi connectivity index (χ1) is 10.1. The Bertz CT molecular complexity index is 611. The number of hydrogen-bond donors (Lipinski definition) is 3. The third-order valence-electron chi connectivity index (χ3n) is 2.99. The zero-order valence-electron chi connectivity index (χ0n) is 11.6. The Morgan fingerprint density at radius 2 is 2.24 bits per heavy atom. The first-order valence-electron chi connectivity index (χ1n) is 6.62. The van der Waals surface area contributed by atoms with E-state index in [0.717, 1.165) is 0 Å². The van der Waals surface area contributed by atoms with E-state index in [4.69, 9.17) is 5.11 Å². The molecule has 0 aliphatic carbocycles. The Balaban J connectivity index is 2.04. The highest BCUT2D eigenvalue weighted by Crippen LogP contribution is 2.14. The molecular weight excluding hydrogens is 275 g/mol. The summed E-state index contributed by atoms with van der Waals surface area (Å²) in [7, 11) is 0. The summed E-state index contributed by atoms with van der Waals surface area (Å²) in [4.78, 5) is 11.7. The van der Waals surface area contributed by atoms with Crippen molar-refractivity contribution in [3.05, 3.63) is 42.5 Å². The molecule has 21 heavy (non-hydrogen) atoms. The summed E-state index contributed by atoms with van der Waals surface area (Å²) in [5.41, 5.74) is 0.733. The van der Waals surface area contributed by atoms with Gasteiger partial charge in [-0.15, -0.1) is 0 Å². The van der Waals surface area contributed by atoms with Crippen LogP contribution in [0.25, 0.3) is 5.69 Å². The number of nitrogens with zero attached hydrogens (tertiary/aromatic N) is 2. The molecule has 0 aliphatic rings. The quantitative estimate of drug-likeness (QED) is 0.787. The number of hydrogen-bond acceptors (Lipinski definition) is 3. The Hall–Kier alpha value is -2.41. The van der Waals surface area contributed by atoms with Gasteiger partial charge in [-0.25, -0.2) is 13.9 Å². The van der Waals surface area contributed by atoms with Crippen molar-refractivity contribution in [3.8, 4) is 5.69 Å². The third-order valence-corrected chi connectivity index (χ3v) is 2.99. The lowest BCUT2D eigenvalue weighted by Crippen LogP contribution is -2.39. The fraction of sp³-hybridized carbons (Fsp3) is 0.286. The lowest BCUT2D eigenvalue weighted by atomic mass is 10.2. The molecule has 0 fully saturated rings. The maximum Gasteiger partial charge on any atom is 0.319 e. The molecule has 112 valence electrons. The number of aliphatic hydroxyl groups is 1. The number of aliphatic hydroxyl groups excluding tert-OH is 1. The maximum atomic E-state index is 13.6. The molecule has 0 spiro atoms. The highest BCUT2D eigenvalue weighted by atomic mass is 19.1. The molecule has 1 aromatic heterocycles. The molecule has 3 N–H and O–H groups in total. The second-order valence-corrected chi connectivity index (χ2v) is 4.51. The van der Waals surface area contributed by atoms with E-state index in [1.165, 1.54) is 23.1 Å². The van der Waals surface area contributed by atoms with Crippen molar-refractivity contribution < 1.29 is 14.3 Å². The number of aromatic nitrogens is 2. The van der Waals surface area contributed by atoms with Gasteiger partial charge in [-0.1, -0.05) is 19.1 Å². The smallest absolute Gasteiger partial charge is 0.319 e. The largest absolute Gasteiger partial charge is 0.394 e. The van der Waals surface area contributed by atoms with Gasteiger partial charge in [0.1, 0.15) is 11.5 Å². The third kappa shape index (κ3) is 3.79. The summed E-state index contributed by atoms with van der Waals surface area (Å²) in [5, 5.41) is 18.2. The number of carbonyl (C=O) groups is 1. The van der Waals surface area contributed by atoms with Crippen LogP contribution in [0.1, 0.15) is 13.3 Å². The number of nitrogens with one attached hydrogen (secondary N) is 2. The zero-order chi connectivity index (χ0) is 15.2. The monoisotopic (exact) mass is 292 g/mol. The van der Waals surface area contributed by atoms with Gasteiger partial charge in [0, 0.05) is 0 Å². The van der Waals surface area contributed by atoms with Crippen molar-refractivity contribution in [1.29, 1.82) is 0 Å². The number of anilines is 1. The zero-order valence-corrected chi connectivity index (χ0v) is 11.6. The van der Waals surface area contributed by atoms with Crippen molar-refractivity contribution >= 4 is 11.7 Å². The standard InChI is InChI=1S/C14H17FN4O2/c1-2-10(9-20)17-14(21)18-11-7-16-19(8-11)13-6-4-3-5-12(13)15/h3-8,10,20H,2,9H2,1H3,(H2,17,18,21)/t10-/m0/s1. The van der Waals surface area contributed by atoms with Crippen LogP contribution in [-0.4, -0.2) is 33.6 Å². The van der Waals surface area contributed by atoms with Crippen LogP contribution in [0, 0.1) is 5.82 Å². The van der Waals surface area contributed by atoms with Gasteiger partial charge in [0.15, 0.2) is 0 Å². The van der Waals surface area contributed by atoms with E-state index in [-0.39, 0.29) is 12.6 Å². The fourth-order valence-electron chi connectivity index (χ4n) is 1.79. The molecule has 2 amide bonds. The lowest BCUT2D eigenvalue weighted by molar-refractivity contribution is 0.222. The molecule has 2 rings (SSSR count). The minimum absolute atomic E-state index is 0.127. The molecule has 1 atom stereocenters. The molecule has 2 aromatic rings. The van der Waals surface area contributed by atoms with E-state index in [1.54, 1.807) is 18.2 Å². The molecule has 6 nitrogen and oxygen atoms in total. The number of amides is 2. The van der Waals surface area contributed by atoms with E-state index in [1.807, 2.05) is 6.92 Å². The second kappa shape index (κ2) is 6.85. The Labute approximate surface area is 121 Å². The van der Waals surface area contributed by atoms with Gasteiger partial charge < -0.3 is 15.7 Å². The molecule has 0 aliphatic heterocycles. The van der Waals surface area contributed by atoms with Crippen LogP contribution in [0.5, 0.6) is 0 Å². The molecule has 1 heterocycles. The summed E-state index contributed by atoms with van der Waals surface area (Å²) < 4.78 is 15.0. The number of urea groups is 1. The number of halogens is 1. The van der Waals surface area contributed by atoms with Crippen molar-refractivity contribution in [2.75, 3.05) is 11.9 Å². The summed E-state index contributed by atoms with van der Waals surface area (Å²) in [6, 6.07) is 5.48. The lowest BCUT2D eigenvalue weighted by Gasteiger charge is -2.13. The summed E-state index contributed by atoms with van der Waals surface area (Å²) in [5.74, 6) is -0.400. The Morgan fingerprint density at radius 1 is 1.48 bits per heavy atom. The number of carbonyl (C=O) groups excluding carboxylic acids is 1. The molecular formula is C14H17FN4O2. The molecule has 0 radical (unpaired) electrons. The van der Waals surface area contributed by atoms with E-state index >= 15 is 0 Å². The highest BCUT2D eigenvalue weighted by molar-refractivity contribution is 5.89. The summed E-state index contributed by atoms with van der Waals surface area (Å²) >= 11 is 0. The molecule has 0 saturated carbocycles. The second-order valence-electron chi connectivity index (χ2n) is 4.51. The molecule has 0 unspecified atom stereocenters. The normalized spacial score (nSPS) is 12.0. The van der Waals surface area contributed by atoms with Crippen molar-refractivity contribution in [2.24, 2.45) is 0 Å². The van der Waals surface area contributed by atoms with E-state index in [2.05, 4.69) is 15.7 Å². The SMILES string of the molecule is CC[C@@H](CO)NC(=O)Nc1cnn(-c2ccccc2F)c1. The molecule has 0 saturated heterocycles. The van der Waals surface area contributed by atoms with Gasteiger partial charge in [0.25, 0.3) is 0 Å². The number of rotatable bonds is 5. The van der Waals surface area contributed by atoms with Gasteiger partial charge in [-0.2, -0.15) is 5.10 Å². The van der Waals surface area contributed by atoms with Gasteiger partial charge in [0.2, 0.25) is 0 Å². The van der Waals surface area contributed by atoms with Crippen LogP contribution >= 0.6 is 0 Å². The molecule has 7 heteroatoms.